The van der Waals surface area contributed by atoms with Crippen LogP contribution in [-0.2, 0) is 22.5 Å². The van der Waals surface area contributed by atoms with Gasteiger partial charge in [0, 0.05) is 24.0 Å². The molecule has 0 spiro atoms. The molecule has 1 saturated heterocycles. The molecular formula is C22H27N5O2S2. The van der Waals surface area contributed by atoms with Crippen molar-refractivity contribution in [1.29, 1.82) is 0 Å². The summed E-state index contributed by atoms with van der Waals surface area (Å²) in [6, 6.07) is 6.28. The molecule has 9 heteroatoms. The molecular weight excluding hydrogens is 430 g/mol. The number of ether oxygens (including phenoxy) is 1. The van der Waals surface area contributed by atoms with E-state index in [2.05, 4.69) is 64.0 Å². The summed E-state index contributed by atoms with van der Waals surface area (Å²) in [7, 11) is 0. The van der Waals surface area contributed by atoms with Gasteiger partial charge in [0.25, 0.3) is 0 Å². The Morgan fingerprint density at radius 2 is 2.19 bits per heavy atom. The number of hydrogen-bond donors (Lipinski definition) is 1. The average Bonchev–Trinajstić information content (AvgIpc) is 3.51. The van der Waals surface area contributed by atoms with Crippen LogP contribution in [-0.4, -0.2) is 44.1 Å². The fourth-order valence-electron chi connectivity index (χ4n) is 3.51. The number of anilines is 1. The Morgan fingerprint density at radius 3 is 2.94 bits per heavy atom. The first-order valence-electron chi connectivity index (χ1n) is 10.5. The van der Waals surface area contributed by atoms with Gasteiger partial charge in [-0.15, -0.1) is 21.5 Å². The summed E-state index contributed by atoms with van der Waals surface area (Å²) in [5.41, 5.74) is 4.41. The highest BCUT2D eigenvalue weighted by molar-refractivity contribution is 7.99. The molecule has 3 heterocycles. The van der Waals surface area contributed by atoms with Crippen LogP contribution in [0.3, 0.4) is 0 Å². The highest BCUT2D eigenvalue weighted by Crippen LogP contribution is 2.27. The first-order valence-corrected chi connectivity index (χ1v) is 12.4. The Balaban J connectivity index is 1.36. The second kappa shape index (κ2) is 9.93. The van der Waals surface area contributed by atoms with Gasteiger partial charge in [-0.2, -0.15) is 0 Å². The fraction of sp³-hybridized carbons (Fsp3) is 0.455. The van der Waals surface area contributed by atoms with Crippen molar-refractivity contribution in [2.75, 3.05) is 17.7 Å². The van der Waals surface area contributed by atoms with Gasteiger partial charge in [-0.3, -0.25) is 4.79 Å². The minimum absolute atomic E-state index is 0.101. The molecule has 1 aliphatic rings. The van der Waals surface area contributed by atoms with E-state index in [0.717, 1.165) is 54.7 Å². The first kappa shape index (κ1) is 22.0. The number of thiazole rings is 1. The maximum Gasteiger partial charge on any atom is 0.236 e. The number of aromatic nitrogens is 4. The van der Waals surface area contributed by atoms with Crippen LogP contribution in [0.4, 0.5) is 5.13 Å². The summed E-state index contributed by atoms with van der Waals surface area (Å²) in [5, 5.41) is 14.8. The van der Waals surface area contributed by atoms with E-state index in [1.807, 2.05) is 5.38 Å². The smallest absolute Gasteiger partial charge is 0.236 e. The van der Waals surface area contributed by atoms with E-state index in [0.29, 0.717) is 5.13 Å². The van der Waals surface area contributed by atoms with E-state index in [9.17, 15) is 4.79 Å². The molecule has 1 N–H and O–H groups in total. The normalized spacial score (nSPS) is 16.0. The zero-order chi connectivity index (χ0) is 21.8. The lowest BCUT2D eigenvalue weighted by Gasteiger charge is -2.14. The molecule has 1 aromatic carbocycles. The highest BCUT2D eigenvalue weighted by Gasteiger charge is 2.21. The Labute approximate surface area is 190 Å². The molecule has 4 rings (SSSR count). The van der Waals surface area contributed by atoms with Crippen molar-refractivity contribution in [3.8, 4) is 11.3 Å². The molecule has 1 aliphatic heterocycles. The van der Waals surface area contributed by atoms with Crippen molar-refractivity contribution in [3.63, 3.8) is 0 Å². The largest absolute Gasteiger partial charge is 0.376 e. The van der Waals surface area contributed by atoms with Crippen LogP contribution >= 0.6 is 23.1 Å². The number of hydrogen-bond acceptors (Lipinski definition) is 7. The number of carbonyl (C=O) groups is 1. The third-order valence-corrected chi connectivity index (χ3v) is 7.13. The van der Waals surface area contributed by atoms with Gasteiger partial charge in [0.1, 0.15) is 5.82 Å². The Kier molecular flexibility index (Phi) is 7.04. The van der Waals surface area contributed by atoms with Crippen molar-refractivity contribution in [1.82, 2.24) is 19.7 Å². The zero-order valence-corrected chi connectivity index (χ0v) is 19.7. The molecule has 0 bridgehead atoms. The molecule has 3 aromatic rings. The maximum atomic E-state index is 12.5. The summed E-state index contributed by atoms with van der Waals surface area (Å²) in [5.74, 6) is 1.08. The van der Waals surface area contributed by atoms with Crippen LogP contribution in [0.1, 0.15) is 36.7 Å². The van der Waals surface area contributed by atoms with Gasteiger partial charge < -0.3 is 14.6 Å². The van der Waals surface area contributed by atoms with Gasteiger partial charge in [0.05, 0.1) is 24.1 Å². The van der Waals surface area contributed by atoms with Crippen molar-refractivity contribution < 1.29 is 9.53 Å². The lowest BCUT2D eigenvalue weighted by Crippen LogP contribution is -2.19. The molecule has 0 saturated carbocycles. The van der Waals surface area contributed by atoms with E-state index in [1.54, 1.807) is 0 Å². The molecule has 164 valence electrons. The third-order valence-electron chi connectivity index (χ3n) is 5.41. The number of nitrogens with one attached hydrogen (secondary N) is 1. The van der Waals surface area contributed by atoms with E-state index in [1.165, 1.54) is 34.2 Å². The highest BCUT2D eigenvalue weighted by atomic mass is 32.2. The predicted octanol–water partition coefficient (Wildman–Crippen LogP) is 4.49. The lowest BCUT2D eigenvalue weighted by atomic mass is 10.1. The second-order valence-corrected chi connectivity index (χ2v) is 9.47. The minimum Gasteiger partial charge on any atom is -0.376 e. The monoisotopic (exact) mass is 457 g/mol. The van der Waals surface area contributed by atoms with Crippen LogP contribution < -0.4 is 5.32 Å². The van der Waals surface area contributed by atoms with Crippen molar-refractivity contribution >= 4 is 34.1 Å². The molecule has 1 unspecified atom stereocenters. The van der Waals surface area contributed by atoms with Gasteiger partial charge in [-0.05, 0) is 43.9 Å². The molecule has 1 fully saturated rings. The average molecular weight is 458 g/mol. The number of rotatable bonds is 8. The number of thioether (sulfide) groups is 1. The lowest BCUT2D eigenvalue weighted by molar-refractivity contribution is -0.113. The third kappa shape index (κ3) is 5.34. The van der Waals surface area contributed by atoms with Crippen molar-refractivity contribution in [3.05, 3.63) is 40.5 Å². The van der Waals surface area contributed by atoms with Gasteiger partial charge in [-0.1, -0.05) is 30.8 Å². The summed E-state index contributed by atoms with van der Waals surface area (Å²) < 4.78 is 7.86. The van der Waals surface area contributed by atoms with Crippen LogP contribution in [0, 0.1) is 13.8 Å². The summed E-state index contributed by atoms with van der Waals surface area (Å²) in [6.07, 6.45) is 3.15. The fourth-order valence-corrected chi connectivity index (χ4v) is 5.02. The number of benzene rings is 1. The minimum atomic E-state index is -0.101. The van der Waals surface area contributed by atoms with E-state index in [4.69, 9.17) is 4.74 Å². The van der Waals surface area contributed by atoms with Crippen molar-refractivity contribution in [2.24, 2.45) is 0 Å². The first-order chi connectivity index (χ1) is 15.0. The van der Waals surface area contributed by atoms with Gasteiger partial charge in [0.15, 0.2) is 10.3 Å². The van der Waals surface area contributed by atoms with Gasteiger partial charge >= 0.3 is 0 Å². The van der Waals surface area contributed by atoms with E-state index in [-0.39, 0.29) is 17.8 Å². The van der Waals surface area contributed by atoms with E-state index >= 15 is 0 Å². The number of amides is 1. The Morgan fingerprint density at radius 1 is 1.32 bits per heavy atom. The second-order valence-electron chi connectivity index (χ2n) is 7.67. The van der Waals surface area contributed by atoms with Gasteiger partial charge in [0.2, 0.25) is 5.91 Å². The van der Waals surface area contributed by atoms with Crippen LogP contribution in [0.5, 0.6) is 0 Å². The van der Waals surface area contributed by atoms with Gasteiger partial charge in [-0.25, -0.2) is 4.98 Å². The molecule has 7 nitrogen and oxygen atoms in total. The molecule has 2 aromatic heterocycles. The Bertz CT molecular complexity index is 1060. The SMILES string of the molecule is CCc1nnc(SCC(=O)Nc2nc(-c3ccc(C)c(C)c3)cs2)n1CC1CCCO1. The summed E-state index contributed by atoms with van der Waals surface area (Å²) >= 11 is 2.83. The van der Waals surface area contributed by atoms with E-state index < -0.39 is 0 Å². The molecule has 1 atom stereocenters. The molecule has 31 heavy (non-hydrogen) atoms. The number of nitrogens with zero attached hydrogens (tertiary/aromatic N) is 4. The summed E-state index contributed by atoms with van der Waals surface area (Å²) in [6.45, 7) is 7.80. The Hall–Kier alpha value is -2.23. The predicted molar refractivity (Wildman–Crippen MR) is 125 cm³/mol. The standard InChI is InChI=1S/C22H27N5O2S2/c1-4-19-25-26-22(27(19)11-17-6-5-9-29-17)31-13-20(28)24-21-23-18(12-30-21)16-8-7-14(2)15(3)10-16/h7-8,10,12,17H,4-6,9,11,13H2,1-3H3,(H,23,24,28). The van der Waals surface area contributed by atoms with Crippen molar-refractivity contribution in [2.45, 2.75) is 57.8 Å². The number of carbonyl (C=O) groups excluding carboxylic acids is 1. The summed E-state index contributed by atoms with van der Waals surface area (Å²) in [4.78, 5) is 17.1. The molecule has 0 aliphatic carbocycles. The van der Waals surface area contributed by atoms with Crippen LogP contribution in [0.15, 0.2) is 28.7 Å². The van der Waals surface area contributed by atoms with Crippen LogP contribution in [0.2, 0.25) is 0 Å². The molecule has 0 radical (unpaired) electrons. The maximum absolute atomic E-state index is 12.5. The van der Waals surface area contributed by atoms with Crippen LogP contribution in [0.25, 0.3) is 11.3 Å². The topological polar surface area (TPSA) is 81.9 Å². The zero-order valence-electron chi connectivity index (χ0n) is 18.1. The number of aryl methyl sites for hydroxylation is 3. The molecule has 1 amide bonds. The quantitative estimate of drug-likeness (QED) is 0.502.